The smallest absolute Gasteiger partial charge is 0.230 e. The number of hydrogen-bond donors (Lipinski definition) is 1. The van der Waals surface area contributed by atoms with Crippen LogP contribution in [0.1, 0.15) is 56.8 Å². The summed E-state index contributed by atoms with van der Waals surface area (Å²) < 4.78 is 7.39. The Morgan fingerprint density at radius 3 is 2.43 bits per heavy atom. The molecule has 1 unspecified atom stereocenters. The summed E-state index contributed by atoms with van der Waals surface area (Å²) in [7, 11) is 1.71. The van der Waals surface area contributed by atoms with Crippen molar-refractivity contribution in [2.45, 2.75) is 77.0 Å². The Morgan fingerprint density at radius 1 is 1.25 bits per heavy atom. The van der Waals surface area contributed by atoms with Gasteiger partial charge in [0, 0.05) is 25.4 Å². The number of methoxy groups -OCH3 is 1. The molecular formula is C22H35N3O2S. The van der Waals surface area contributed by atoms with E-state index in [2.05, 4.69) is 28.7 Å². The number of carbonyl (C=O) groups is 1. The highest BCUT2D eigenvalue weighted by Crippen LogP contribution is 2.61. The molecule has 5 nitrogen and oxygen atoms in total. The molecule has 0 aromatic carbocycles. The van der Waals surface area contributed by atoms with Crippen LogP contribution in [0.3, 0.4) is 0 Å². The van der Waals surface area contributed by atoms with Gasteiger partial charge in [-0.25, -0.2) is 4.98 Å². The van der Waals surface area contributed by atoms with Crippen molar-refractivity contribution in [3.05, 3.63) is 11.4 Å². The summed E-state index contributed by atoms with van der Waals surface area (Å²) in [6.45, 7) is 7.79. The van der Waals surface area contributed by atoms with Crippen LogP contribution in [-0.4, -0.2) is 41.0 Å². The van der Waals surface area contributed by atoms with Crippen LogP contribution in [0.5, 0.6) is 0 Å². The van der Waals surface area contributed by atoms with Gasteiger partial charge in [0.1, 0.15) is 0 Å². The molecule has 4 fully saturated rings. The summed E-state index contributed by atoms with van der Waals surface area (Å²) in [5.41, 5.74) is 2.54. The number of hydrogen-bond acceptors (Lipinski definition) is 4. The summed E-state index contributed by atoms with van der Waals surface area (Å²) in [5.74, 6) is 3.32. The van der Waals surface area contributed by atoms with Crippen LogP contribution in [0.4, 0.5) is 0 Å². The second-order valence-electron chi connectivity index (χ2n) is 9.57. The van der Waals surface area contributed by atoms with Crippen LogP contribution < -0.4 is 5.32 Å². The molecule has 5 rings (SSSR count). The van der Waals surface area contributed by atoms with Crippen molar-refractivity contribution < 1.29 is 9.53 Å². The third kappa shape index (κ3) is 3.87. The minimum atomic E-state index is 0.143. The molecule has 156 valence electrons. The molecule has 0 spiro atoms. The minimum absolute atomic E-state index is 0.143. The van der Waals surface area contributed by atoms with Crippen LogP contribution in [0, 0.1) is 37.0 Å². The van der Waals surface area contributed by atoms with Crippen molar-refractivity contribution >= 4 is 17.7 Å². The first-order chi connectivity index (χ1) is 13.4. The van der Waals surface area contributed by atoms with Gasteiger partial charge in [-0.2, -0.15) is 0 Å². The quantitative estimate of drug-likeness (QED) is 0.665. The number of nitrogens with zero attached hydrogens (tertiary/aromatic N) is 2. The van der Waals surface area contributed by atoms with E-state index < -0.39 is 0 Å². The van der Waals surface area contributed by atoms with Gasteiger partial charge in [0.05, 0.1) is 18.1 Å². The van der Waals surface area contributed by atoms with Crippen LogP contribution in [0.25, 0.3) is 0 Å². The molecule has 4 aliphatic rings. The predicted molar refractivity (Wildman–Crippen MR) is 113 cm³/mol. The number of thioether (sulfide) groups is 1. The summed E-state index contributed by atoms with van der Waals surface area (Å²) in [5, 5.41) is 4.29. The zero-order chi connectivity index (χ0) is 19.9. The molecule has 0 aliphatic heterocycles. The van der Waals surface area contributed by atoms with Gasteiger partial charge < -0.3 is 14.6 Å². The van der Waals surface area contributed by atoms with Crippen LogP contribution in [0.15, 0.2) is 5.16 Å². The second kappa shape index (κ2) is 8.02. The maximum Gasteiger partial charge on any atom is 0.230 e. The largest absolute Gasteiger partial charge is 0.383 e. The van der Waals surface area contributed by atoms with E-state index >= 15 is 0 Å². The van der Waals surface area contributed by atoms with Gasteiger partial charge in [0.25, 0.3) is 0 Å². The van der Waals surface area contributed by atoms with E-state index in [9.17, 15) is 4.79 Å². The first kappa shape index (κ1) is 20.3. The number of nitrogens with one attached hydrogen (secondary N) is 1. The van der Waals surface area contributed by atoms with Gasteiger partial charge in [-0.3, -0.25) is 4.79 Å². The average molecular weight is 406 g/mol. The zero-order valence-electron chi connectivity index (χ0n) is 17.8. The van der Waals surface area contributed by atoms with Gasteiger partial charge in [-0.1, -0.05) is 11.8 Å². The van der Waals surface area contributed by atoms with E-state index in [4.69, 9.17) is 4.74 Å². The number of aryl methyl sites for hydroxylation is 1. The first-order valence-corrected chi connectivity index (χ1v) is 11.8. The fraction of sp³-hybridized carbons (Fsp3) is 0.818. The lowest BCUT2D eigenvalue weighted by Crippen LogP contribution is -2.56. The average Bonchev–Trinajstić information content (AvgIpc) is 2.91. The fourth-order valence-corrected chi connectivity index (χ4v) is 7.38. The molecule has 1 aromatic heterocycles. The van der Waals surface area contributed by atoms with Gasteiger partial charge in [0.15, 0.2) is 5.16 Å². The molecular weight excluding hydrogens is 370 g/mol. The number of rotatable bonds is 8. The van der Waals surface area contributed by atoms with Gasteiger partial charge in [0.2, 0.25) is 5.91 Å². The van der Waals surface area contributed by atoms with Crippen molar-refractivity contribution in [1.29, 1.82) is 0 Å². The van der Waals surface area contributed by atoms with E-state index in [1.165, 1.54) is 38.5 Å². The maximum absolute atomic E-state index is 12.7. The number of imidazole rings is 1. The molecule has 1 amide bonds. The third-order valence-electron chi connectivity index (χ3n) is 7.66. The SMILES string of the molecule is COCCn1c(SCC(=O)NC(C)C23CC4CC(CC(C4)C2)C3)nc(C)c1C. The molecule has 0 saturated heterocycles. The van der Waals surface area contributed by atoms with Crippen molar-refractivity contribution in [3.63, 3.8) is 0 Å². The summed E-state index contributed by atoms with van der Waals surface area (Å²) in [4.78, 5) is 17.4. The topological polar surface area (TPSA) is 56.1 Å². The molecule has 0 radical (unpaired) electrons. The lowest BCUT2D eigenvalue weighted by atomic mass is 9.48. The molecule has 1 aromatic rings. The van der Waals surface area contributed by atoms with Crippen LogP contribution in [0.2, 0.25) is 0 Å². The van der Waals surface area contributed by atoms with Gasteiger partial charge in [-0.15, -0.1) is 0 Å². The molecule has 4 bridgehead atoms. The van der Waals surface area contributed by atoms with Crippen molar-refractivity contribution in [1.82, 2.24) is 14.9 Å². The van der Waals surface area contributed by atoms with Crippen molar-refractivity contribution in [2.75, 3.05) is 19.5 Å². The van der Waals surface area contributed by atoms with Gasteiger partial charge in [-0.05, 0) is 82.5 Å². The van der Waals surface area contributed by atoms with E-state index in [1.54, 1.807) is 18.9 Å². The van der Waals surface area contributed by atoms with Gasteiger partial charge >= 0.3 is 0 Å². The number of amides is 1. The van der Waals surface area contributed by atoms with E-state index in [0.717, 1.165) is 40.8 Å². The number of carbonyl (C=O) groups excluding carboxylic acids is 1. The second-order valence-corrected chi connectivity index (χ2v) is 10.5. The zero-order valence-corrected chi connectivity index (χ0v) is 18.6. The van der Waals surface area contributed by atoms with Crippen LogP contribution >= 0.6 is 11.8 Å². The van der Waals surface area contributed by atoms with Crippen molar-refractivity contribution in [3.8, 4) is 0 Å². The molecule has 4 saturated carbocycles. The van der Waals surface area contributed by atoms with Crippen molar-refractivity contribution in [2.24, 2.45) is 23.2 Å². The Kier molecular flexibility index (Phi) is 5.81. The fourth-order valence-electron chi connectivity index (χ4n) is 6.45. The predicted octanol–water partition coefficient (Wildman–Crippen LogP) is 3.96. The summed E-state index contributed by atoms with van der Waals surface area (Å²) >= 11 is 1.54. The highest BCUT2D eigenvalue weighted by Gasteiger charge is 2.53. The first-order valence-electron chi connectivity index (χ1n) is 10.8. The minimum Gasteiger partial charge on any atom is -0.383 e. The molecule has 4 aliphatic carbocycles. The Balaban J connectivity index is 1.34. The highest BCUT2D eigenvalue weighted by atomic mass is 32.2. The van der Waals surface area contributed by atoms with E-state index in [-0.39, 0.29) is 11.9 Å². The Bertz CT molecular complexity index is 694. The summed E-state index contributed by atoms with van der Waals surface area (Å²) in [6.07, 6.45) is 8.31. The molecule has 1 heterocycles. The lowest BCUT2D eigenvalue weighted by molar-refractivity contribution is -0.123. The molecule has 28 heavy (non-hydrogen) atoms. The number of ether oxygens (including phenoxy) is 1. The lowest BCUT2D eigenvalue weighted by Gasteiger charge is -2.59. The Morgan fingerprint density at radius 2 is 1.86 bits per heavy atom. The standard InChI is InChI=1S/C22H35N3O2S/c1-14-15(2)25(5-6-27-4)21(23-14)28-13-20(26)24-16(3)22-10-17-7-18(11-22)9-19(8-17)12-22/h16-19H,5-13H2,1-4H3,(H,24,26). The van der Waals surface area contributed by atoms with Crippen LogP contribution in [-0.2, 0) is 16.1 Å². The van der Waals surface area contributed by atoms with E-state index in [0.29, 0.717) is 17.8 Å². The molecule has 6 heteroatoms. The van der Waals surface area contributed by atoms with E-state index in [1.807, 2.05) is 6.92 Å². The monoisotopic (exact) mass is 405 g/mol. The third-order valence-corrected chi connectivity index (χ3v) is 8.63. The Labute approximate surface area is 173 Å². The molecule has 1 atom stereocenters. The number of aromatic nitrogens is 2. The normalized spacial score (nSPS) is 31.9. The Hall–Kier alpha value is -1.01. The summed E-state index contributed by atoms with van der Waals surface area (Å²) in [6, 6.07) is 0.283. The maximum atomic E-state index is 12.7. The highest BCUT2D eigenvalue weighted by molar-refractivity contribution is 7.99. The molecule has 1 N–H and O–H groups in total.